The molecule has 0 aliphatic carbocycles. The zero-order valence-electron chi connectivity index (χ0n) is 11.9. The lowest BCUT2D eigenvalue weighted by Crippen LogP contribution is -2.32. The van der Waals surface area contributed by atoms with Crippen molar-refractivity contribution >= 4 is 18.2 Å². The van der Waals surface area contributed by atoms with Crippen LogP contribution in [0.25, 0.3) is 12.2 Å². The van der Waals surface area contributed by atoms with Gasteiger partial charge in [0.1, 0.15) is 18.1 Å². The van der Waals surface area contributed by atoms with E-state index in [1.54, 1.807) is 0 Å². The summed E-state index contributed by atoms with van der Waals surface area (Å²) in [5.74, 6) is 6.88. The number of urea groups is 1. The van der Waals surface area contributed by atoms with Crippen molar-refractivity contribution in [3.8, 4) is 11.8 Å². The topological polar surface area (TPSA) is 79.7 Å². The van der Waals surface area contributed by atoms with Crippen LogP contribution in [-0.2, 0) is 6.42 Å². The van der Waals surface area contributed by atoms with Gasteiger partial charge in [-0.3, -0.25) is 5.21 Å². The predicted octanol–water partition coefficient (Wildman–Crippen LogP) is 2.77. The van der Waals surface area contributed by atoms with Gasteiger partial charge in [0.15, 0.2) is 0 Å². The summed E-state index contributed by atoms with van der Waals surface area (Å²) in [6.07, 6.45) is 4.24. The molecule has 0 atom stereocenters. The van der Waals surface area contributed by atoms with Crippen LogP contribution in [0.2, 0.25) is 0 Å². The highest BCUT2D eigenvalue weighted by atomic mass is 16.5. The number of amides is 2. The number of nitrogens with two attached hydrogens (primary N) is 1. The second kappa shape index (κ2) is 7.72. The van der Waals surface area contributed by atoms with Crippen molar-refractivity contribution in [3.63, 3.8) is 0 Å². The van der Waals surface area contributed by atoms with Crippen molar-refractivity contribution in [2.24, 2.45) is 5.73 Å². The van der Waals surface area contributed by atoms with Crippen LogP contribution in [0.4, 0.5) is 4.79 Å². The van der Waals surface area contributed by atoms with Crippen LogP contribution < -0.4 is 5.73 Å². The first-order valence-electron chi connectivity index (χ1n) is 6.68. The number of primary amides is 1. The zero-order valence-corrected chi connectivity index (χ0v) is 11.9. The zero-order chi connectivity index (χ0) is 15.8. The Labute approximate surface area is 128 Å². The Balaban J connectivity index is 1.88. The summed E-state index contributed by atoms with van der Waals surface area (Å²) in [5.41, 5.74) is 5.95. The Morgan fingerprint density at radius 2 is 1.95 bits per heavy atom. The van der Waals surface area contributed by atoms with Crippen LogP contribution in [0.5, 0.6) is 0 Å². The van der Waals surface area contributed by atoms with Gasteiger partial charge in [0.05, 0.1) is 6.42 Å². The third-order valence-corrected chi connectivity index (χ3v) is 2.79. The molecule has 0 radical (unpaired) electrons. The fourth-order valence-electron chi connectivity index (χ4n) is 1.68. The standard InChI is InChI=1S/C17H16N2O3/c18-17(20)19(21)13-5-4-8-15-11-12-16(22-15)10-9-14-6-2-1-3-7-14/h1-3,6-7,9-12,21H,8,13H2,(H2,18,20). The number of nitrogens with zero attached hydrogens (tertiary/aromatic N) is 1. The van der Waals surface area contributed by atoms with Crippen LogP contribution in [0.3, 0.4) is 0 Å². The van der Waals surface area contributed by atoms with Crippen molar-refractivity contribution in [1.29, 1.82) is 0 Å². The third-order valence-electron chi connectivity index (χ3n) is 2.79. The molecule has 1 heterocycles. The molecule has 0 aliphatic heterocycles. The quantitative estimate of drug-likeness (QED) is 0.517. The largest absolute Gasteiger partial charge is 0.461 e. The molecule has 0 aliphatic rings. The van der Waals surface area contributed by atoms with Crippen molar-refractivity contribution in [3.05, 3.63) is 59.5 Å². The lowest BCUT2D eigenvalue weighted by molar-refractivity contribution is -0.0269. The van der Waals surface area contributed by atoms with Crippen molar-refractivity contribution < 1.29 is 14.4 Å². The summed E-state index contributed by atoms with van der Waals surface area (Å²) in [5, 5.41) is 9.38. The van der Waals surface area contributed by atoms with E-state index in [0.29, 0.717) is 17.2 Å². The first-order valence-corrected chi connectivity index (χ1v) is 6.68. The average Bonchev–Trinajstić information content (AvgIpc) is 2.98. The fourth-order valence-corrected chi connectivity index (χ4v) is 1.68. The van der Waals surface area contributed by atoms with Gasteiger partial charge in [-0.2, -0.15) is 5.06 Å². The molecular weight excluding hydrogens is 280 g/mol. The summed E-state index contributed by atoms with van der Waals surface area (Å²) >= 11 is 0. The normalized spacial score (nSPS) is 10.2. The van der Waals surface area contributed by atoms with Gasteiger partial charge in [0.25, 0.3) is 0 Å². The number of hydrogen-bond acceptors (Lipinski definition) is 3. The Morgan fingerprint density at radius 3 is 2.68 bits per heavy atom. The number of hydrogen-bond donors (Lipinski definition) is 2. The molecule has 0 bridgehead atoms. The van der Waals surface area contributed by atoms with E-state index in [0.717, 1.165) is 11.3 Å². The van der Waals surface area contributed by atoms with E-state index in [9.17, 15) is 4.79 Å². The molecule has 2 aromatic rings. The van der Waals surface area contributed by atoms with Gasteiger partial charge in [-0.1, -0.05) is 48.2 Å². The highest BCUT2D eigenvalue weighted by Gasteiger charge is 2.01. The molecule has 0 fully saturated rings. The van der Waals surface area contributed by atoms with Gasteiger partial charge in [-0.25, -0.2) is 4.79 Å². The second-order valence-electron chi connectivity index (χ2n) is 4.47. The Morgan fingerprint density at radius 1 is 1.18 bits per heavy atom. The third kappa shape index (κ3) is 4.85. The Hall–Kier alpha value is -2.97. The van der Waals surface area contributed by atoms with E-state index in [2.05, 4.69) is 11.8 Å². The highest BCUT2D eigenvalue weighted by Crippen LogP contribution is 2.12. The van der Waals surface area contributed by atoms with E-state index in [-0.39, 0.29) is 6.54 Å². The smallest absolute Gasteiger partial charge is 0.339 e. The van der Waals surface area contributed by atoms with Gasteiger partial charge in [-0.15, -0.1) is 0 Å². The van der Waals surface area contributed by atoms with Crippen LogP contribution in [-0.4, -0.2) is 22.8 Å². The molecule has 22 heavy (non-hydrogen) atoms. The van der Waals surface area contributed by atoms with Gasteiger partial charge < -0.3 is 10.2 Å². The fraction of sp³-hybridized carbons (Fsp3) is 0.118. The highest BCUT2D eigenvalue weighted by molar-refractivity contribution is 5.70. The lowest BCUT2D eigenvalue weighted by Gasteiger charge is -2.05. The molecule has 0 saturated carbocycles. The number of furan rings is 1. The van der Waals surface area contributed by atoms with Crippen molar-refractivity contribution in [2.45, 2.75) is 6.42 Å². The van der Waals surface area contributed by atoms with E-state index in [4.69, 9.17) is 15.4 Å². The molecule has 112 valence electrons. The summed E-state index contributed by atoms with van der Waals surface area (Å²) in [6, 6.07) is 12.7. The summed E-state index contributed by atoms with van der Waals surface area (Å²) < 4.78 is 5.60. The number of hydroxylamine groups is 2. The molecule has 5 nitrogen and oxygen atoms in total. The van der Waals surface area contributed by atoms with Gasteiger partial charge in [0.2, 0.25) is 0 Å². The molecule has 5 heteroatoms. The Bertz CT molecular complexity index is 708. The van der Waals surface area contributed by atoms with Crippen molar-refractivity contribution in [2.75, 3.05) is 6.54 Å². The predicted molar refractivity (Wildman–Crippen MR) is 83.6 cm³/mol. The maximum absolute atomic E-state index is 10.6. The monoisotopic (exact) mass is 296 g/mol. The minimum absolute atomic E-state index is 0.128. The maximum atomic E-state index is 10.6. The van der Waals surface area contributed by atoms with E-state index < -0.39 is 6.03 Å². The average molecular weight is 296 g/mol. The second-order valence-corrected chi connectivity index (χ2v) is 4.47. The number of rotatable bonds is 4. The van der Waals surface area contributed by atoms with Gasteiger partial charge in [0, 0.05) is 0 Å². The van der Waals surface area contributed by atoms with E-state index in [1.165, 1.54) is 0 Å². The van der Waals surface area contributed by atoms with Crippen LogP contribution in [0.15, 0.2) is 46.9 Å². The van der Waals surface area contributed by atoms with Gasteiger partial charge in [-0.05, 0) is 23.8 Å². The molecule has 0 saturated heterocycles. The molecule has 2 rings (SSSR count). The van der Waals surface area contributed by atoms with E-state index in [1.807, 2.05) is 54.6 Å². The Kier molecular flexibility index (Phi) is 5.41. The summed E-state index contributed by atoms with van der Waals surface area (Å²) in [4.78, 5) is 10.6. The van der Waals surface area contributed by atoms with Gasteiger partial charge >= 0.3 is 6.03 Å². The number of carbonyl (C=O) groups is 1. The maximum Gasteiger partial charge on any atom is 0.339 e. The lowest BCUT2D eigenvalue weighted by atomic mass is 10.2. The molecule has 3 N–H and O–H groups in total. The minimum Gasteiger partial charge on any atom is -0.461 e. The first kappa shape index (κ1) is 15.4. The first-order chi connectivity index (χ1) is 10.6. The molecule has 2 amide bonds. The van der Waals surface area contributed by atoms with Crippen LogP contribution in [0, 0.1) is 11.8 Å². The molecule has 1 aromatic heterocycles. The number of carbonyl (C=O) groups excluding carboxylic acids is 1. The SMILES string of the molecule is NC(=O)N(O)CC#CCc1ccc(C=Cc2ccccc2)o1. The van der Waals surface area contributed by atoms with E-state index >= 15 is 0 Å². The summed E-state index contributed by atoms with van der Waals surface area (Å²) in [6.45, 7) is -0.128. The van der Waals surface area contributed by atoms with Crippen LogP contribution in [0.1, 0.15) is 17.1 Å². The van der Waals surface area contributed by atoms with Crippen LogP contribution >= 0.6 is 0 Å². The van der Waals surface area contributed by atoms with Crippen molar-refractivity contribution in [1.82, 2.24) is 5.06 Å². The molecule has 1 aromatic carbocycles. The molecule has 0 unspecified atom stereocenters. The molecule has 0 spiro atoms. The molecular formula is C17H16N2O3. The minimum atomic E-state index is -0.930. The summed E-state index contributed by atoms with van der Waals surface area (Å²) in [7, 11) is 0. The number of benzene rings is 1.